The molecule has 0 saturated heterocycles. The fourth-order valence-corrected chi connectivity index (χ4v) is 1.84. The first-order valence-electron chi connectivity index (χ1n) is 4.66. The maximum absolute atomic E-state index is 9.36. The third-order valence-corrected chi connectivity index (χ3v) is 2.79. The summed E-state index contributed by atoms with van der Waals surface area (Å²) >= 11 is 1.59. The molecule has 0 aliphatic heterocycles. The fraction of sp³-hybridized carbons (Fsp3) is 0.182. The predicted molar refractivity (Wildman–Crippen MR) is 62.3 cm³/mol. The van der Waals surface area contributed by atoms with Gasteiger partial charge in [0, 0.05) is 11.1 Å². The number of hydrogen-bond acceptors (Lipinski definition) is 4. The molecule has 4 heteroatoms. The molecule has 0 spiro atoms. The third kappa shape index (κ3) is 2.47. The van der Waals surface area contributed by atoms with E-state index in [0.717, 1.165) is 16.9 Å². The highest BCUT2D eigenvalue weighted by Crippen LogP contribution is 2.20. The molecule has 0 radical (unpaired) electrons. The van der Waals surface area contributed by atoms with Gasteiger partial charge in [-0.15, -0.1) is 11.3 Å². The van der Waals surface area contributed by atoms with Crippen LogP contribution in [0.4, 0.5) is 5.69 Å². The number of thiazole rings is 1. The zero-order valence-electron chi connectivity index (χ0n) is 8.40. The van der Waals surface area contributed by atoms with Crippen molar-refractivity contribution < 1.29 is 5.11 Å². The molecule has 0 bridgehead atoms. The number of aromatic hydroxyl groups is 1. The SMILES string of the molecule is Cc1cc(NCc2cscn2)ccc1O. The van der Waals surface area contributed by atoms with Crippen LogP contribution in [0.1, 0.15) is 11.3 Å². The quantitative estimate of drug-likeness (QED) is 0.782. The highest BCUT2D eigenvalue weighted by molar-refractivity contribution is 7.07. The van der Waals surface area contributed by atoms with E-state index in [4.69, 9.17) is 0 Å². The van der Waals surface area contributed by atoms with Crippen molar-refractivity contribution in [3.63, 3.8) is 0 Å². The van der Waals surface area contributed by atoms with E-state index < -0.39 is 0 Å². The molecule has 3 nitrogen and oxygen atoms in total. The van der Waals surface area contributed by atoms with Gasteiger partial charge in [0.15, 0.2) is 0 Å². The van der Waals surface area contributed by atoms with Crippen molar-refractivity contribution in [2.24, 2.45) is 0 Å². The summed E-state index contributed by atoms with van der Waals surface area (Å²) in [5, 5.41) is 14.6. The number of anilines is 1. The molecule has 2 rings (SSSR count). The molecule has 1 aromatic carbocycles. The van der Waals surface area contributed by atoms with E-state index in [1.54, 1.807) is 17.4 Å². The van der Waals surface area contributed by atoms with Crippen LogP contribution < -0.4 is 5.32 Å². The van der Waals surface area contributed by atoms with Gasteiger partial charge < -0.3 is 10.4 Å². The first-order valence-corrected chi connectivity index (χ1v) is 5.60. The molecule has 0 aliphatic carbocycles. The minimum Gasteiger partial charge on any atom is -0.508 e. The van der Waals surface area contributed by atoms with Gasteiger partial charge in [-0.3, -0.25) is 0 Å². The summed E-state index contributed by atoms with van der Waals surface area (Å²) in [7, 11) is 0. The van der Waals surface area contributed by atoms with Crippen molar-refractivity contribution in [3.8, 4) is 5.75 Å². The second-order valence-electron chi connectivity index (χ2n) is 3.33. The lowest BCUT2D eigenvalue weighted by Gasteiger charge is -2.06. The average molecular weight is 220 g/mol. The highest BCUT2D eigenvalue weighted by atomic mass is 32.1. The first kappa shape index (κ1) is 9.98. The number of phenolic OH excluding ortho intramolecular Hbond substituents is 1. The predicted octanol–water partition coefficient (Wildman–Crippen LogP) is 2.77. The molecule has 15 heavy (non-hydrogen) atoms. The Labute approximate surface area is 92.4 Å². The van der Waals surface area contributed by atoms with Crippen molar-refractivity contribution in [3.05, 3.63) is 40.3 Å². The lowest BCUT2D eigenvalue weighted by atomic mass is 10.2. The summed E-state index contributed by atoms with van der Waals surface area (Å²) in [6, 6.07) is 5.47. The Morgan fingerprint density at radius 2 is 2.33 bits per heavy atom. The number of nitrogens with zero attached hydrogens (tertiary/aromatic N) is 1. The van der Waals surface area contributed by atoms with Gasteiger partial charge >= 0.3 is 0 Å². The minimum atomic E-state index is 0.328. The van der Waals surface area contributed by atoms with E-state index in [9.17, 15) is 5.11 Å². The molecule has 78 valence electrons. The van der Waals surface area contributed by atoms with Gasteiger partial charge in [0.2, 0.25) is 0 Å². The van der Waals surface area contributed by atoms with Crippen LogP contribution in [0.25, 0.3) is 0 Å². The van der Waals surface area contributed by atoms with Crippen molar-refractivity contribution in [2.75, 3.05) is 5.32 Å². The maximum atomic E-state index is 9.36. The number of rotatable bonds is 3. The maximum Gasteiger partial charge on any atom is 0.118 e. The van der Waals surface area contributed by atoms with E-state index >= 15 is 0 Å². The lowest BCUT2D eigenvalue weighted by molar-refractivity contribution is 0.471. The Morgan fingerprint density at radius 3 is 3.00 bits per heavy atom. The summed E-state index contributed by atoms with van der Waals surface area (Å²) in [6.07, 6.45) is 0. The Hall–Kier alpha value is -1.55. The van der Waals surface area contributed by atoms with Gasteiger partial charge in [-0.2, -0.15) is 0 Å². The van der Waals surface area contributed by atoms with E-state index in [1.807, 2.05) is 29.9 Å². The first-order chi connectivity index (χ1) is 7.25. The van der Waals surface area contributed by atoms with Gasteiger partial charge in [-0.05, 0) is 30.7 Å². The van der Waals surface area contributed by atoms with Gasteiger partial charge in [-0.1, -0.05) is 0 Å². The molecular weight excluding hydrogens is 208 g/mol. The Morgan fingerprint density at radius 1 is 1.47 bits per heavy atom. The number of hydrogen-bond donors (Lipinski definition) is 2. The second-order valence-corrected chi connectivity index (χ2v) is 4.05. The van der Waals surface area contributed by atoms with Crippen molar-refractivity contribution >= 4 is 17.0 Å². The smallest absolute Gasteiger partial charge is 0.118 e. The summed E-state index contributed by atoms with van der Waals surface area (Å²) in [6.45, 7) is 2.59. The molecule has 2 N–H and O–H groups in total. The van der Waals surface area contributed by atoms with Gasteiger partial charge in [0.25, 0.3) is 0 Å². The molecule has 0 unspecified atom stereocenters. The van der Waals surface area contributed by atoms with Crippen LogP contribution in [0.2, 0.25) is 0 Å². The van der Waals surface area contributed by atoms with Gasteiger partial charge in [0.05, 0.1) is 17.7 Å². The fourth-order valence-electron chi connectivity index (χ4n) is 1.28. The Balaban J connectivity index is 2.02. The van der Waals surface area contributed by atoms with E-state index in [1.165, 1.54) is 0 Å². The third-order valence-electron chi connectivity index (χ3n) is 2.15. The van der Waals surface area contributed by atoms with Crippen LogP contribution in [0, 0.1) is 6.92 Å². The molecule has 0 aliphatic rings. The van der Waals surface area contributed by atoms with E-state index in [-0.39, 0.29) is 0 Å². The topological polar surface area (TPSA) is 45.2 Å². The number of aromatic nitrogens is 1. The van der Waals surface area contributed by atoms with Crippen LogP contribution in [0.5, 0.6) is 5.75 Å². The standard InChI is InChI=1S/C11H12N2OS/c1-8-4-9(2-3-11(8)14)12-5-10-6-15-7-13-10/h2-4,6-7,12,14H,5H2,1H3. The largest absolute Gasteiger partial charge is 0.508 e. The second kappa shape index (κ2) is 4.31. The summed E-state index contributed by atoms with van der Waals surface area (Å²) in [5.74, 6) is 0.328. The Kier molecular flexibility index (Phi) is 2.87. The van der Waals surface area contributed by atoms with Crippen molar-refractivity contribution in [1.82, 2.24) is 4.98 Å². The van der Waals surface area contributed by atoms with Crippen molar-refractivity contribution in [2.45, 2.75) is 13.5 Å². The molecule has 0 amide bonds. The van der Waals surface area contributed by atoms with Crippen molar-refractivity contribution in [1.29, 1.82) is 0 Å². The molecule has 0 atom stereocenters. The lowest BCUT2D eigenvalue weighted by Crippen LogP contribution is -1.99. The number of benzene rings is 1. The molecule has 1 aromatic heterocycles. The molecule has 0 fully saturated rings. The van der Waals surface area contributed by atoms with E-state index in [2.05, 4.69) is 10.3 Å². The molecule has 0 saturated carbocycles. The van der Waals surface area contributed by atoms with Gasteiger partial charge in [-0.25, -0.2) is 4.98 Å². The highest BCUT2D eigenvalue weighted by Gasteiger charge is 1.98. The molecular formula is C11H12N2OS. The summed E-state index contributed by atoms with van der Waals surface area (Å²) < 4.78 is 0. The molecule has 2 aromatic rings. The number of aryl methyl sites for hydroxylation is 1. The van der Waals surface area contributed by atoms with Crippen LogP contribution >= 0.6 is 11.3 Å². The average Bonchev–Trinajstić information content (AvgIpc) is 2.73. The summed E-state index contributed by atoms with van der Waals surface area (Å²) in [4.78, 5) is 4.18. The zero-order chi connectivity index (χ0) is 10.7. The molecule has 1 heterocycles. The minimum absolute atomic E-state index is 0.328. The van der Waals surface area contributed by atoms with Crippen LogP contribution in [0.3, 0.4) is 0 Å². The van der Waals surface area contributed by atoms with E-state index in [0.29, 0.717) is 12.3 Å². The van der Waals surface area contributed by atoms with Crippen LogP contribution in [-0.4, -0.2) is 10.1 Å². The number of phenols is 1. The summed E-state index contributed by atoms with van der Waals surface area (Å²) in [5.41, 5.74) is 4.72. The normalized spacial score (nSPS) is 10.2. The monoisotopic (exact) mass is 220 g/mol. The van der Waals surface area contributed by atoms with Gasteiger partial charge in [0.1, 0.15) is 5.75 Å². The number of nitrogens with one attached hydrogen (secondary N) is 1. The Bertz CT molecular complexity index is 440. The zero-order valence-corrected chi connectivity index (χ0v) is 9.21. The van der Waals surface area contributed by atoms with Crippen LogP contribution in [-0.2, 0) is 6.54 Å². The van der Waals surface area contributed by atoms with Crippen LogP contribution in [0.15, 0.2) is 29.1 Å².